The van der Waals surface area contributed by atoms with Crippen LogP contribution in [0.5, 0.6) is 11.5 Å². The number of hydrogen-bond donors (Lipinski definition) is 1. The van der Waals surface area contributed by atoms with Crippen molar-refractivity contribution >= 4 is 52.1 Å². The summed E-state index contributed by atoms with van der Waals surface area (Å²) in [5.41, 5.74) is 3.11. The Morgan fingerprint density at radius 2 is 1.68 bits per heavy atom. The number of benzene rings is 4. The van der Waals surface area contributed by atoms with E-state index in [9.17, 15) is 9.59 Å². The lowest BCUT2D eigenvalue weighted by molar-refractivity contribution is -0.123. The van der Waals surface area contributed by atoms with Gasteiger partial charge >= 0.3 is 5.97 Å². The Balaban J connectivity index is 1.53. The van der Waals surface area contributed by atoms with Crippen LogP contribution in [0.1, 0.15) is 15.9 Å². The molecule has 0 atom stereocenters. The van der Waals surface area contributed by atoms with Gasteiger partial charge in [0.25, 0.3) is 5.91 Å². The fourth-order valence-electron chi connectivity index (χ4n) is 3.17. The molecule has 0 fully saturated rings. The van der Waals surface area contributed by atoms with Crippen LogP contribution >= 0.6 is 23.2 Å². The lowest BCUT2D eigenvalue weighted by Gasteiger charge is -2.11. The van der Waals surface area contributed by atoms with Crippen molar-refractivity contribution in [1.29, 1.82) is 0 Å². The van der Waals surface area contributed by atoms with Crippen LogP contribution in [0, 0.1) is 0 Å². The first-order valence-corrected chi connectivity index (χ1v) is 11.0. The first-order chi connectivity index (χ1) is 16.5. The number of amides is 1. The quantitative estimate of drug-likeness (QED) is 0.151. The average molecular weight is 493 g/mol. The van der Waals surface area contributed by atoms with Crippen molar-refractivity contribution in [1.82, 2.24) is 5.43 Å². The molecule has 0 unspecified atom stereocenters. The Kier molecular flexibility index (Phi) is 7.42. The maximum absolute atomic E-state index is 12.8. The van der Waals surface area contributed by atoms with E-state index in [1.807, 2.05) is 48.5 Å². The van der Waals surface area contributed by atoms with Gasteiger partial charge < -0.3 is 9.47 Å². The number of hydrogen-bond acceptors (Lipinski definition) is 5. The SMILES string of the molecule is O=C(COc1ccccc1)NN=Cc1c(OC(=O)c2ccc(Cl)cc2Cl)ccc2ccccc12. The van der Waals surface area contributed by atoms with E-state index in [0.717, 1.165) is 10.8 Å². The molecule has 8 heteroatoms. The molecule has 0 aliphatic rings. The molecular formula is C26H18Cl2N2O4. The number of rotatable bonds is 7. The Labute approximate surface area is 205 Å². The van der Waals surface area contributed by atoms with E-state index in [1.165, 1.54) is 18.3 Å². The molecule has 6 nitrogen and oxygen atoms in total. The number of nitrogens with one attached hydrogen (secondary N) is 1. The number of nitrogens with zero attached hydrogens (tertiary/aromatic N) is 1. The second-order valence-corrected chi connectivity index (χ2v) is 7.95. The van der Waals surface area contributed by atoms with Crippen molar-refractivity contribution in [2.45, 2.75) is 0 Å². The van der Waals surface area contributed by atoms with Crippen LogP contribution in [0.4, 0.5) is 0 Å². The molecule has 4 aromatic carbocycles. The molecule has 1 N–H and O–H groups in total. The van der Waals surface area contributed by atoms with Crippen molar-refractivity contribution in [3.05, 3.63) is 106 Å². The van der Waals surface area contributed by atoms with Crippen molar-refractivity contribution in [3.8, 4) is 11.5 Å². The first kappa shape index (κ1) is 23.3. The molecule has 4 rings (SSSR count). The minimum atomic E-state index is -0.646. The molecule has 0 saturated carbocycles. The standard InChI is InChI=1S/C26H18Cl2N2O4/c27-18-11-12-21(23(28)14-18)26(32)34-24-13-10-17-6-4-5-9-20(17)22(24)15-29-30-25(31)16-33-19-7-2-1-3-8-19/h1-15H,16H2,(H,30,31). The van der Waals surface area contributed by atoms with Crippen LogP contribution in [0.2, 0.25) is 10.0 Å². The topological polar surface area (TPSA) is 77.0 Å². The fourth-order valence-corrected chi connectivity index (χ4v) is 3.66. The molecule has 0 saturated heterocycles. The molecule has 0 aromatic heterocycles. The summed E-state index contributed by atoms with van der Waals surface area (Å²) in [6.07, 6.45) is 1.43. The summed E-state index contributed by atoms with van der Waals surface area (Å²) in [6, 6.07) is 24.5. The minimum Gasteiger partial charge on any atom is -0.484 e. The van der Waals surface area contributed by atoms with Crippen molar-refractivity contribution in [2.24, 2.45) is 5.10 Å². The Morgan fingerprint density at radius 3 is 2.47 bits per heavy atom. The third-order valence-electron chi connectivity index (χ3n) is 4.78. The summed E-state index contributed by atoms with van der Waals surface area (Å²) in [5, 5.41) is 6.32. The van der Waals surface area contributed by atoms with Crippen molar-refractivity contribution in [3.63, 3.8) is 0 Å². The highest BCUT2D eigenvalue weighted by Crippen LogP contribution is 2.29. The number of ether oxygens (including phenoxy) is 2. The van der Waals surface area contributed by atoms with Crippen LogP contribution in [-0.2, 0) is 4.79 Å². The number of carbonyl (C=O) groups is 2. The Morgan fingerprint density at radius 1 is 0.912 bits per heavy atom. The average Bonchev–Trinajstić information content (AvgIpc) is 2.84. The van der Waals surface area contributed by atoms with Crippen LogP contribution in [0.15, 0.2) is 90.0 Å². The molecule has 0 aliphatic carbocycles. The highest BCUT2D eigenvalue weighted by molar-refractivity contribution is 6.36. The Hall–Kier alpha value is -3.87. The minimum absolute atomic E-state index is 0.175. The van der Waals surface area contributed by atoms with Crippen LogP contribution in [-0.4, -0.2) is 24.7 Å². The van der Waals surface area contributed by atoms with E-state index in [2.05, 4.69) is 10.5 Å². The number of halogens is 2. The van der Waals surface area contributed by atoms with Gasteiger partial charge in [0, 0.05) is 10.6 Å². The number of para-hydroxylation sites is 1. The van der Waals surface area contributed by atoms with Gasteiger partial charge in [-0.05, 0) is 47.2 Å². The largest absolute Gasteiger partial charge is 0.484 e. The van der Waals surface area contributed by atoms with E-state index in [4.69, 9.17) is 32.7 Å². The van der Waals surface area contributed by atoms with Crippen LogP contribution in [0.25, 0.3) is 10.8 Å². The molecule has 0 radical (unpaired) electrons. The molecule has 0 heterocycles. The predicted molar refractivity (Wildman–Crippen MR) is 133 cm³/mol. The van der Waals surface area contributed by atoms with E-state index in [1.54, 1.807) is 24.3 Å². The van der Waals surface area contributed by atoms with Crippen LogP contribution in [0.3, 0.4) is 0 Å². The summed E-state index contributed by atoms with van der Waals surface area (Å²) in [4.78, 5) is 24.9. The Bertz CT molecular complexity index is 1370. The van der Waals surface area contributed by atoms with Crippen LogP contribution < -0.4 is 14.9 Å². The number of fused-ring (bicyclic) bond motifs is 1. The summed E-state index contributed by atoms with van der Waals surface area (Å²) >= 11 is 12.1. The number of carbonyl (C=O) groups excluding carboxylic acids is 2. The highest BCUT2D eigenvalue weighted by Gasteiger charge is 2.16. The van der Waals surface area contributed by atoms with Gasteiger partial charge in [0.1, 0.15) is 11.5 Å². The first-order valence-electron chi connectivity index (χ1n) is 10.2. The molecule has 1 amide bonds. The zero-order valence-electron chi connectivity index (χ0n) is 17.7. The number of esters is 1. The van der Waals surface area contributed by atoms with Crippen molar-refractivity contribution in [2.75, 3.05) is 6.61 Å². The molecule has 0 aliphatic heterocycles. The van der Waals surface area contributed by atoms with Gasteiger partial charge in [0.15, 0.2) is 6.61 Å². The van der Waals surface area contributed by atoms with Gasteiger partial charge in [-0.2, -0.15) is 5.10 Å². The maximum Gasteiger partial charge on any atom is 0.345 e. The smallest absolute Gasteiger partial charge is 0.345 e. The summed E-state index contributed by atoms with van der Waals surface area (Å²) in [6.45, 7) is -0.201. The summed E-state index contributed by atoms with van der Waals surface area (Å²) in [5.74, 6) is -0.252. The second-order valence-electron chi connectivity index (χ2n) is 7.11. The molecule has 4 aromatic rings. The second kappa shape index (κ2) is 10.8. The third-order valence-corrected chi connectivity index (χ3v) is 5.33. The van der Waals surface area contributed by atoms with E-state index < -0.39 is 11.9 Å². The molecule has 170 valence electrons. The normalized spacial score (nSPS) is 10.9. The van der Waals surface area contributed by atoms with Gasteiger partial charge in [-0.1, -0.05) is 71.7 Å². The highest BCUT2D eigenvalue weighted by atomic mass is 35.5. The molecule has 34 heavy (non-hydrogen) atoms. The van der Waals surface area contributed by atoms with Crippen molar-refractivity contribution < 1.29 is 19.1 Å². The predicted octanol–water partition coefficient (Wildman–Crippen LogP) is 5.89. The zero-order valence-corrected chi connectivity index (χ0v) is 19.2. The third kappa shape index (κ3) is 5.73. The lowest BCUT2D eigenvalue weighted by Crippen LogP contribution is -2.24. The van der Waals surface area contributed by atoms with Gasteiger partial charge in [-0.3, -0.25) is 4.79 Å². The maximum atomic E-state index is 12.8. The lowest BCUT2D eigenvalue weighted by atomic mass is 10.0. The molecular weight excluding hydrogens is 475 g/mol. The summed E-state index contributed by atoms with van der Waals surface area (Å²) < 4.78 is 11.0. The van der Waals surface area contributed by atoms with E-state index in [-0.39, 0.29) is 22.9 Å². The monoisotopic (exact) mass is 492 g/mol. The molecule has 0 spiro atoms. The van der Waals surface area contributed by atoms with E-state index >= 15 is 0 Å². The van der Waals surface area contributed by atoms with Gasteiger partial charge in [-0.15, -0.1) is 0 Å². The fraction of sp³-hybridized carbons (Fsp3) is 0.0385. The van der Waals surface area contributed by atoms with E-state index in [0.29, 0.717) is 16.3 Å². The summed E-state index contributed by atoms with van der Waals surface area (Å²) in [7, 11) is 0. The van der Waals surface area contributed by atoms with Gasteiger partial charge in [0.05, 0.1) is 16.8 Å². The van der Waals surface area contributed by atoms with Gasteiger partial charge in [0.2, 0.25) is 0 Å². The number of hydrazone groups is 1. The zero-order chi connectivity index (χ0) is 23.9. The van der Waals surface area contributed by atoms with Gasteiger partial charge in [-0.25, -0.2) is 10.2 Å². The molecule has 0 bridgehead atoms.